The van der Waals surface area contributed by atoms with Crippen molar-refractivity contribution in [3.63, 3.8) is 0 Å². The minimum atomic E-state index is -1.27. The maximum Gasteiger partial charge on any atom is 0.324 e. The first kappa shape index (κ1) is 25.1. The summed E-state index contributed by atoms with van der Waals surface area (Å²) in [6.07, 6.45) is 0. The van der Waals surface area contributed by atoms with E-state index in [4.69, 9.17) is 10.5 Å². The number of nitrogens with zero attached hydrogens (tertiary/aromatic N) is 3. The third kappa shape index (κ3) is 7.48. The zero-order chi connectivity index (χ0) is 23.8. The van der Waals surface area contributed by atoms with E-state index in [0.29, 0.717) is 57.1 Å². The summed E-state index contributed by atoms with van der Waals surface area (Å²) in [6, 6.07) is 14.7. The third-order valence-corrected chi connectivity index (χ3v) is 5.60. The van der Waals surface area contributed by atoms with Gasteiger partial charge in [-0.25, -0.2) is 13.6 Å². The Hall–Kier alpha value is -2.55. The lowest BCUT2D eigenvalue weighted by atomic mass is 10.1. The van der Waals surface area contributed by atoms with Crippen LogP contribution in [0, 0.1) is 0 Å². The predicted octanol–water partition coefficient (Wildman–Crippen LogP) is 4.08. The van der Waals surface area contributed by atoms with E-state index in [9.17, 15) is 13.6 Å². The molecule has 1 heterocycles. The molecule has 0 saturated carbocycles. The van der Waals surface area contributed by atoms with Gasteiger partial charge in [-0.1, -0.05) is 36.4 Å². The van der Waals surface area contributed by atoms with E-state index in [2.05, 4.69) is 0 Å². The second kappa shape index (κ2) is 11.5. The van der Waals surface area contributed by atoms with Crippen molar-refractivity contribution in [1.82, 2.24) is 9.80 Å². The van der Waals surface area contributed by atoms with Gasteiger partial charge in [0, 0.05) is 38.4 Å². The SMILES string of the molecule is CC(C)(F)CN1CCN(C(=O)N(Cc2ccc(COCN)cc2)c2cccc(CF)c2)CC1. The lowest BCUT2D eigenvalue weighted by Crippen LogP contribution is -2.54. The second-order valence-electron chi connectivity index (χ2n) is 8.99. The molecule has 1 aliphatic heterocycles. The van der Waals surface area contributed by atoms with E-state index in [1.54, 1.807) is 41.8 Å². The highest BCUT2D eigenvalue weighted by Gasteiger charge is 2.29. The summed E-state index contributed by atoms with van der Waals surface area (Å²) >= 11 is 0. The van der Waals surface area contributed by atoms with Crippen molar-refractivity contribution in [2.24, 2.45) is 5.73 Å². The summed E-state index contributed by atoms with van der Waals surface area (Å²) in [5, 5.41) is 0. The molecule has 3 rings (SSSR count). The molecule has 8 heteroatoms. The number of carbonyl (C=O) groups is 1. The largest absolute Gasteiger partial charge is 0.362 e. The van der Waals surface area contributed by atoms with Crippen LogP contribution in [0.15, 0.2) is 48.5 Å². The fourth-order valence-electron chi connectivity index (χ4n) is 3.98. The Bertz CT molecular complexity index is 894. The Morgan fingerprint density at radius 3 is 2.33 bits per heavy atom. The molecule has 0 unspecified atom stereocenters. The monoisotopic (exact) mass is 460 g/mol. The molecule has 33 heavy (non-hydrogen) atoms. The Morgan fingerprint density at radius 1 is 1.06 bits per heavy atom. The minimum absolute atomic E-state index is 0.138. The molecule has 1 aliphatic rings. The number of nitrogens with two attached hydrogens (primary N) is 1. The number of rotatable bonds is 9. The van der Waals surface area contributed by atoms with Crippen LogP contribution >= 0.6 is 0 Å². The zero-order valence-electron chi connectivity index (χ0n) is 19.5. The molecule has 1 fully saturated rings. The number of halogens is 2. The van der Waals surface area contributed by atoms with Crippen molar-refractivity contribution >= 4 is 11.7 Å². The van der Waals surface area contributed by atoms with Gasteiger partial charge >= 0.3 is 6.03 Å². The number of piperazine rings is 1. The summed E-state index contributed by atoms with van der Waals surface area (Å²) < 4.78 is 32.6. The highest BCUT2D eigenvalue weighted by molar-refractivity contribution is 5.92. The Morgan fingerprint density at radius 2 is 1.73 bits per heavy atom. The van der Waals surface area contributed by atoms with Crippen molar-refractivity contribution < 1.29 is 18.3 Å². The van der Waals surface area contributed by atoms with Crippen LogP contribution in [0.2, 0.25) is 0 Å². The van der Waals surface area contributed by atoms with Crippen LogP contribution in [-0.4, -0.2) is 61.0 Å². The van der Waals surface area contributed by atoms with E-state index in [1.165, 1.54) is 0 Å². The molecule has 0 aromatic heterocycles. The number of amides is 2. The molecule has 0 aliphatic carbocycles. The number of benzene rings is 2. The highest BCUT2D eigenvalue weighted by atomic mass is 19.1. The molecule has 2 N–H and O–H groups in total. The number of hydrogen-bond donors (Lipinski definition) is 1. The Labute approximate surface area is 194 Å². The Kier molecular flexibility index (Phi) is 8.77. The van der Waals surface area contributed by atoms with Crippen molar-refractivity contribution in [3.05, 3.63) is 65.2 Å². The molecule has 0 atom stereocenters. The van der Waals surface area contributed by atoms with Gasteiger partial charge in [0.15, 0.2) is 0 Å². The van der Waals surface area contributed by atoms with E-state index in [-0.39, 0.29) is 12.8 Å². The molecule has 0 spiro atoms. The van der Waals surface area contributed by atoms with Gasteiger partial charge in [-0.05, 0) is 42.7 Å². The van der Waals surface area contributed by atoms with Gasteiger partial charge in [0.05, 0.1) is 19.9 Å². The van der Waals surface area contributed by atoms with Crippen LogP contribution in [0.25, 0.3) is 0 Å². The summed E-state index contributed by atoms with van der Waals surface area (Å²) in [5.74, 6) is 0. The molecule has 6 nitrogen and oxygen atoms in total. The first-order valence-corrected chi connectivity index (χ1v) is 11.3. The standard InChI is InChI=1S/C25H34F2N4O2/c1-25(2,27)18-29-10-12-30(13-11-29)24(32)31(23-5-3-4-22(14-23)15-26)16-20-6-8-21(9-7-20)17-33-19-28/h3-9,14H,10-13,15-19,28H2,1-2H3. The second-order valence-corrected chi connectivity index (χ2v) is 8.99. The average molecular weight is 461 g/mol. The van der Waals surface area contributed by atoms with Gasteiger partial charge in [-0.3, -0.25) is 9.80 Å². The normalized spacial score (nSPS) is 15.0. The summed E-state index contributed by atoms with van der Waals surface area (Å²) in [5.41, 5.74) is 7.23. The number of anilines is 1. The van der Waals surface area contributed by atoms with E-state index in [0.717, 1.165) is 11.1 Å². The van der Waals surface area contributed by atoms with Gasteiger partial charge in [0.2, 0.25) is 0 Å². The van der Waals surface area contributed by atoms with Gasteiger partial charge in [0.25, 0.3) is 0 Å². The minimum Gasteiger partial charge on any atom is -0.362 e. The highest BCUT2D eigenvalue weighted by Crippen LogP contribution is 2.23. The topological polar surface area (TPSA) is 62.0 Å². The van der Waals surface area contributed by atoms with Gasteiger partial charge in [-0.15, -0.1) is 0 Å². The average Bonchev–Trinajstić information content (AvgIpc) is 2.81. The number of carbonyl (C=O) groups excluding carboxylic acids is 1. The van der Waals surface area contributed by atoms with Crippen LogP contribution in [0.3, 0.4) is 0 Å². The number of hydrogen-bond acceptors (Lipinski definition) is 4. The van der Waals surface area contributed by atoms with Crippen molar-refractivity contribution in [3.8, 4) is 0 Å². The van der Waals surface area contributed by atoms with Crippen LogP contribution in [0.5, 0.6) is 0 Å². The van der Waals surface area contributed by atoms with Crippen molar-refractivity contribution in [1.29, 1.82) is 0 Å². The predicted molar refractivity (Wildman–Crippen MR) is 126 cm³/mol. The lowest BCUT2D eigenvalue weighted by molar-refractivity contribution is 0.0867. The quantitative estimate of drug-likeness (QED) is 0.573. The first-order valence-electron chi connectivity index (χ1n) is 11.3. The molecular weight excluding hydrogens is 426 g/mol. The van der Waals surface area contributed by atoms with Crippen LogP contribution < -0.4 is 10.6 Å². The summed E-state index contributed by atoms with van der Waals surface area (Å²) in [6.45, 7) is 6.09. The van der Waals surface area contributed by atoms with Gasteiger partial charge in [0.1, 0.15) is 12.3 Å². The van der Waals surface area contributed by atoms with E-state index < -0.39 is 12.3 Å². The molecule has 2 aromatic carbocycles. The molecule has 2 aromatic rings. The maximum atomic E-state index is 14.0. The van der Waals surface area contributed by atoms with Crippen LogP contribution in [0.1, 0.15) is 30.5 Å². The number of alkyl halides is 2. The summed E-state index contributed by atoms with van der Waals surface area (Å²) in [4.78, 5) is 19.0. The molecular formula is C25H34F2N4O2. The van der Waals surface area contributed by atoms with Crippen LogP contribution in [-0.2, 0) is 24.6 Å². The van der Waals surface area contributed by atoms with Gasteiger partial charge < -0.3 is 15.4 Å². The first-order chi connectivity index (χ1) is 15.8. The third-order valence-electron chi connectivity index (χ3n) is 5.60. The van der Waals surface area contributed by atoms with Crippen LogP contribution in [0.4, 0.5) is 19.3 Å². The molecule has 180 valence electrons. The Balaban J connectivity index is 1.75. The lowest BCUT2D eigenvalue weighted by Gasteiger charge is -2.39. The fourth-order valence-corrected chi connectivity index (χ4v) is 3.98. The van der Waals surface area contributed by atoms with Crippen molar-refractivity contribution in [2.45, 2.75) is 39.3 Å². The molecule has 1 saturated heterocycles. The van der Waals surface area contributed by atoms with E-state index >= 15 is 0 Å². The fraction of sp³-hybridized carbons (Fsp3) is 0.480. The maximum absolute atomic E-state index is 14.0. The molecule has 2 amide bonds. The molecule has 0 radical (unpaired) electrons. The van der Waals surface area contributed by atoms with E-state index in [1.807, 2.05) is 35.2 Å². The van der Waals surface area contributed by atoms with Gasteiger partial charge in [-0.2, -0.15) is 0 Å². The molecule has 0 bridgehead atoms. The number of urea groups is 1. The number of ether oxygens (including phenoxy) is 1. The zero-order valence-corrected chi connectivity index (χ0v) is 19.5. The smallest absolute Gasteiger partial charge is 0.324 e. The van der Waals surface area contributed by atoms with Crippen molar-refractivity contribution in [2.75, 3.05) is 44.4 Å². The summed E-state index contributed by atoms with van der Waals surface area (Å²) in [7, 11) is 0.